The molecule has 2 N–H and O–H groups in total. The van der Waals surface area contributed by atoms with Crippen molar-refractivity contribution in [3.05, 3.63) is 36.5 Å². The van der Waals surface area contributed by atoms with Gasteiger partial charge >= 0.3 is 6.09 Å². The second-order valence-electron chi connectivity index (χ2n) is 11.0. The number of piperazine rings is 1. The maximum absolute atomic E-state index is 13.6. The van der Waals surface area contributed by atoms with Crippen LogP contribution in [0.25, 0.3) is 11.4 Å². The summed E-state index contributed by atoms with van der Waals surface area (Å²) in [5.74, 6) is 0.429. The lowest BCUT2D eigenvalue weighted by Crippen LogP contribution is -2.56. The number of amides is 2. The molecular formula is C26H33N9O3. The Hall–Kier alpha value is -3.98. The maximum atomic E-state index is 13.6. The van der Waals surface area contributed by atoms with E-state index in [9.17, 15) is 14.9 Å². The molecule has 3 aliphatic rings. The van der Waals surface area contributed by atoms with Gasteiger partial charge in [0.25, 0.3) is 0 Å². The molecule has 38 heavy (non-hydrogen) atoms. The predicted octanol–water partition coefficient (Wildman–Crippen LogP) is 2.05. The van der Waals surface area contributed by atoms with Crippen LogP contribution in [0.3, 0.4) is 0 Å². The van der Waals surface area contributed by atoms with Crippen LogP contribution < -0.4 is 10.2 Å². The van der Waals surface area contributed by atoms with Crippen molar-refractivity contribution in [3.63, 3.8) is 0 Å². The monoisotopic (exact) mass is 519 g/mol. The van der Waals surface area contributed by atoms with E-state index in [4.69, 9.17) is 4.74 Å². The minimum Gasteiger partial charge on any atom is -0.444 e. The molecule has 0 aliphatic carbocycles. The van der Waals surface area contributed by atoms with E-state index in [1.807, 2.05) is 54.8 Å². The number of para-hydroxylation sites is 1. The molecule has 12 nitrogen and oxygen atoms in total. The van der Waals surface area contributed by atoms with Crippen molar-refractivity contribution in [2.45, 2.75) is 69.8 Å². The third-order valence-corrected chi connectivity index (χ3v) is 7.30. The number of hydrogen-bond donors (Lipinski definition) is 2. The minimum atomic E-state index is -0.659. The van der Waals surface area contributed by atoms with E-state index in [2.05, 4.69) is 43.5 Å². The Kier molecular flexibility index (Phi) is 6.79. The highest BCUT2D eigenvalue weighted by atomic mass is 16.6. The van der Waals surface area contributed by atoms with Crippen LogP contribution in [0, 0.1) is 11.3 Å². The number of fused-ring (bicyclic) bond motifs is 2. The van der Waals surface area contributed by atoms with Crippen LogP contribution >= 0.6 is 0 Å². The third kappa shape index (κ3) is 4.93. The van der Waals surface area contributed by atoms with Crippen molar-refractivity contribution in [3.8, 4) is 17.5 Å². The molecule has 5 rings (SSSR count). The minimum absolute atomic E-state index is 0.00472. The van der Waals surface area contributed by atoms with Crippen LogP contribution in [-0.2, 0) is 9.53 Å². The highest BCUT2D eigenvalue weighted by Crippen LogP contribution is 2.39. The summed E-state index contributed by atoms with van der Waals surface area (Å²) in [4.78, 5) is 32.3. The second-order valence-corrected chi connectivity index (χ2v) is 11.0. The SMILES string of the molecule is C=C([C@H](CN1C[C@@H]2CC1C(=O)N2c1ccccc1-c1nn[nH]n1)NC(=O)OC(C)(C)C)N1CCCC1C#N. The molecule has 2 amide bonds. The van der Waals surface area contributed by atoms with Crippen LogP contribution in [-0.4, -0.2) is 91.8 Å². The average Bonchev–Trinajstić information content (AvgIpc) is 3.66. The van der Waals surface area contributed by atoms with Gasteiger partial charge in [-0.05, 0) is 57.4 Å². The van der Waals surface area contributed by atoms with Gasteiger partial charge in [0, 0.05) is 30.9 Å². The number of anilines is 1. The first-order valence-electron chi connectivity index (χ1n) is 12.9. The second kappa shape index (κ2) is 10.1. The molecule has 3 fully saturated rings. The highest BCUT2D eigenvalue weighted by Gasteiger charge is 2.51. The Morgan fingerprint density at radius 1 is 1.37 bits per heavy atom. The lowest BCUT2D eigenvalue weighted by atomic mass is 10.1. The van der Waals surface area contributed by atoms with Crippen molar-refractivity contribution >= 4 is 17.7 Å². The fraction of sp³-hybridized carbons (Fsp3) is 0.538. The van der Waals surface area contributed by atoms with E-state index in [1.54, 1.807) is 0 Å². The molecule has 1 aromatic heterocycles. The Morgan fingerprint density at radius 3 is 2.84 bits per heavy atom. The first-order valence-corrected chi connectivity index (χ1v) is 12.9. The number of nitrogens with zero attached hydrogens (tertiary/aromatic N) is 7. The molecule has 2 aromatic rings. The lowest BCUT2D eigenvalue weighted by molar-refractivity contribution is -0.122. The van der Waals surface area contributed by atoms with Gasteiger partial charge in [0.1, 0.15) is 11.6 Å². The van der Waals surface area contributed by atoms with Gasteiger partial charge in [0.15, 0.2) is 0 Å². The summed E-state index contributed by atoms with van der Waals surface area (Å²) < 4.78 is 5.52. The fourth-order valence-electron chi connectivity index (χ4n) is 5.69. The number of benzene rings is 1. The third-order valence-electron chi connectivity index (χ3n) is 7.30. The Bertz CT molecular complexity index is 1250. The summed E-state index contributed by atoms with van der Waals surface area (Å²) in [7, 11) is 0. The number of nitriles is 1. The van der Waals surface area contributed by atoms with Gasteiger partial charge in [-0.2, -0.15) is 10.5 Å². The normalized spacial score (nSPS) is 23.9. The molecule has 2 bridgehead atoms. The number of H-pyrrole nitrogens is 1. The number of tetrazole rings is 1. The van der Waals surface area contributed by atoms with Gasteiger partial charge in [-0.25, -0.2) is 4.79 Å². The smallest absolute Gasteiger partial charge is 0.408 e. The summed E-state index contributed by atoms with van der Waals surface area (Å²) in [6.07, 6.45) is 1.77. The number of hydrogen-bond acceptors (Lipinski definition) is 9. The predicted molar refractivity (Wildman–Crippen MR) is 139 cm³/mol. The zero-order chi connectivity index (χ0) is 27.0. The van der Waals surface area contributed by atoms with Crippen LogP contribution in [0.2, 0.25) is 0 Å². The van der Waals surface area contributed by atoms with Gasteiger partial charge in [-0.1, -0.05) is 18.7 Å². The fourth-order valence-corrected chi connectivity index (χ4v) is 5.69. The summed E-state index contributed by atoms with van der Waals surface area (Å²) in [6, 6.07) is 8.74. The van der Waals surface area contributed by atoms with Gasteiger partial charge in [-0.3, -0.25) is 9.69 Å². The number of carbonyl (C=O) groups excluding carboxylic acids is 2. The molecule has 4 atom stereocenters. The number of carbonyl (C=O) groups is 2. The summed E-state index contributed by atoms with van der Waals surface area (Å²) in [5.41, 5.74) is 1.50. The molecule has 1 aromatic carbocycles. The van der Waals surface area contributed by atoms with E-state index in [0.29, 0.717) is 37.6 Å². The van der Waals surface area contributed by atoms with Crippen molar-refractivity contribution in [2.75, 3.05) is 24.5 Å². The van der Waals surface area contributed by atoms with Crippen molar-refractivity contribution in [2.24, 2.45) is 0 Å². The average molecular weight is 520 g/mol. The van der Waals surface area contributed by atoms with Crippen molar-refractivity contribution < 1.29 is 14.3 Å². The Morgan fingerprint density at radius 2 is 2.16 bits per heavy atom. The Labute approximate surface area is 221 Å². The molecule has 12 heteroatoms. The van der Waals surface area contributed by atoms with Crippen LogP contribution in [0.15, 0.2) is 36.5 Å². The maximum Gasteiger partial charge on any atom is 0.408 e. The van der Waals surface area contributed by atoms with E-state index in [0.717, 1.165) is 24.1 Å². The quantitative estimate of drug-likeness (QED) is 0.562. The number of nitrogens with one attached hydrogen (secondary N) is 2. The first-order chi connectivity index (χ1) is 18.2. The highest BCUT2D eigenvalue weighted by molar-refractivity contribution is 6.03. The van der Waals surface area contributed by atoms with Gasteiger partial charge in [0.05, 0.1) is 29.9 Å². The summed E-state index contributed by atoms with van der Waals surface area (Å²) >= 11 is 0. The lowest BCUT2D eigenvalue weighted by Gasteiger charge is -2.38. The van der Waals surface area contributed by atoms with Gasteiger partial charge in [-0.15, -0.1) is 10.2 Å². The largest absolute Gasteiger partial charge is 0.444 e. The zero-order valence-corrected chi connectivity index (χ0v) is 21.9. The zero-order valence-electron chi connectivity index (χ0n) is 21.9. The number of ether oxygens (including phenoxy) is 1. The van der Waals surface area contributed by atoms with Crippen molar-refractivity contribution in [1.29, 1.82) is 5.26 Å². The molecule has 3 aliphatic heterocycles. The number of rotatable bonds is 7. The van der Waals surface area contributed by atoms with Crippen LogP contribution in [0.1, 0.15) is 40.0 Å². The summed E-state index contributed by atoms with van der Waals surface area (Å²) in [5, 5.41) is 26.9. The molecule has 2 unspecified atom stereocenters. The van der Waals surface area contributed by atoms with Gasteiger partial charge in [0.2, 0.25) is 11.7 Å². The standard InChI is InChI=1S/C26H33N9O3/c1-16(34-11-7-8-17(34)13-27)20(28-25(37)38-26(2,3)4)15-33-14-18-12-22(33)24(36)35(18)21-10-6-5-9-19(21)23-29-31-32-30-23/h5-6,9-10,17-18,20,22H,1,7-8,11-12,14-15H2,2-4H3,(H,28,37)(H,29,30,31,32)/t17?,18-,20-,22?/m0/s1. The molecule has 3 saturated heterocycles. The van der Waals surface area contributed by atoms with E-state index >= 15 is 0 Å². The van der Waals surface area contributed by atoms with Gasteiger partial charge < -0.3 is 19.9 Å². The first kappa shape index (κ1) is 25.7. The van der Waals surface area contributed by atoms with Crippen LogP contribution in [0.5, 0.6) is 0 Å². The Balaban J connectivity index is 1.34. The van der Waals surface area contributed by atoms with E-state index in [1.165, 1.54) is 0 Å². The molecule has 0 radical (unpaired) electrons. The van der Waals surface area contributed by atoms with Crippen molar-refractivity contribution in [1.82, 2.24) is 35.7 Å². The number of alkyl carbamates (subject to hydrolysis) is 1. The van der Waals surface area contributed by atoms with E-state index < -0.39 is 17.7 Å². The molecule has 200 valence electrons. The van der Waals surface area contributed by atoms with Crippen LogP contribution in [0.4, 0.5) is 10.5 Å². The summed E-state index contributed by atoms with van der Waals surface area (Å²) in [6.45, 7) is 11.4. The van der Waals surface area contributed by atoms with E-state index in [-0.39, 0.29) is 24.0 Å². The topological polar surface area (TPSA) is 143 Å². The number of likely N-dealkylation sites (tertiary alicyclic amines) is 2. The molecule has 0 saturated carbocycles. The molecular weight excluding hydrogens is 486 g/mol. The number of aromatic amines is 1. The molecule has 4 heterocycles. The number of aromatic nitrogens is 4. The molecule has 0 spiro atoms.